The molecule has 0 aliphatic carbocycles. The van der Waals surface area contributed by atoms with Gasteiger partial charge in [-0.2, -0.15) is 5.26 Å². The van der Waals surface area contributed by atoms with Crippen LogP contribution in [0, 0.1) is 11.3 Å². The Labute approximate surface area is 97.7 Å². The molecule has 0 saturated heterocycles. The molecule has 3 nitrogen and oxygen atoms in total. The molecule has 0 bridgehead atoms. The Morgan fingerprint density at radius 1 is 1.31 bits per heavy atom. The van der Waals surface area contributed by atoms with Gasteiger partial charge in [-0.15, -0.1) is 0 Å². The standard InChI is InChI=1S/C13H19N3/c1-16(2)9-8-15-13(11-14)10-12-6-4-3-5-7-12/h3-7,13,15H,8-10H2,1-2H3. The molecule has 0 radical (unpaired) electrons. The van der Waals surface area contributed by atoms with Crippen molar-refractivity contribution < 1.29 is 0 Å². The van der Waals surface area contributed by atoms with E-state index in [1.807, 2.05) is 32.3 Å². The summed E-state index contributed by atoms with van der Waals surface area (Å²) in [6.45, 7) is 1.80. The van der Waals surface area contributed by atoms with Crippen LogP contribution < -0.4 is 5.32 Å². The van der Waals surface area contributed by atoms with Gasteiger partial charge in [0.25, 0.3) is 0 Å². The van der Waals surface area contributed by atoms with Crippen LogP contribution in [-0.2, 0) is 6.42 Å². The summed E-state index contributed by atoms with van der Waals surface area (Å²) in [5, 5.41) is 12.3. The molecule has 1 atom stereocenters. The third-order valence-electron chi connectivity index (χ3n) is 2.39. The molecule has 1 aromatic rings. The average Bonchev–Trinajstić information content (AvgIpc) is 2.28. The third-order valence-corrected chi connectivity index (χ3v) is 2.39. The molecule has 1 rings (SSSR count). The molecule has 0 heterocycles. The second kappa shape index (κ2) is 7.00. The lowest BCUT2D eigenvalue weighted by atomic mass is 10.1. The van der Waals surface area contributed by atoms with E-state index in [-0.39, 0.29) is 6.04 Å². The van der Waals surface area contributed by atoms with E-state index in [4.69, 9.17) is 5.26 Å². The van der Waals surface area contributed by atoms with Crippen LogP contribution in [0.2, 0.25) is 0 Å². The summed E-state index contributed by atoms with van der Waals surface area (Å²) in [7, 11) is 4.06. The Kier molecular flexibility index (Phi) is 5.55. The first-order valence-electron chi connectivity index (χ1n) is 5.54. The van der Waals surface area contributed by atoms with Crippen LogP contribution >= 0.6 is 0 Å². The van der Waals surface area contributed by atoms with Crippen LogP contribution in [0.1, 0.15) is 5.56 Å². The number of nitrogens with one attached hydrogen (secondary N) is 1. The number of nitrogens with zero attached hydrogens (tertiary/aromatic N) is 2. The van der Waals surface area contributed by atoms with Crippen LogP contribution in [0.25, 0.3) is 0 Å². The maximum Gasteiger partial charge on any atom is 0.0994 e. The van der Waals surface area contributed by atoms with Crippen LogP contribution in [0.4, 0.5) is 0 Å². The molecule has 0 fully saturated rings. The zero-order valence-electron chi connectivity index (χ0n) is 9.98. The zero-order valence-corrected chi connectivity index (χ0v) is 9.98. The van der Waals surface area contributed by atoms with E-state index in [0.29, 0.717) is 0 Å². The van der Waals surface area contributed by atoms with Crippen molar-refractivity contribution in [3.05, 3.63) is 35.9 Å². The molecule has 1 aromatic carbocycles. The van der Waals surface area contributed by atoms with E-state index < -0.39 is 0 Å². The van der Waals surface area contributed by atoms with E-state index in [9.17, 15) is 0 Å². The summed E-state index contributed by atoms with van der Waals surface area (Å²) in [5.41, 5.74) is 1.20. The number of hydrogen-bond acceptors (Lipinski definition) is 3. The lowest BCUT2D eigenvalue weighted by Crippen LogP contribution is -2.35. The van der Waals surface area contributed by atoms with Gasteiger partial charge in [0.1, 0.15) is 0 Å². The molecular weight excluding hydrogens is 198 g/mol. The number of rotatable bonds is 6. The molecule has 0 amide bonds. The Morgan fingerprint density at radius 2 is 2.00 bits per heavy atom. The molecule has 16 heavy (non-hydrogen) atoms. The Hall–Kier alpha value is -1.37. The molecule has 0 spiro atoms. The van der Waals surface area contributed by atoms with Crippen LogP contribution in [-0.4, -0.2) is 38.1 Å². The van der Waals surface area contributed by atoms with E-state index in [1.54, 1.807) is 0 Å². The molecular formula is C13H19N3. The Balaban J connectivity index is 2.36. The van der Waals surface area contributed by atoms with Crippen molar-refractivity contribution in [3.63, 3.8) is 0 Å². The first-order valence-corrected chi connectivity index (χ1v) is 5.54. The fraction of sp³-hybridized carbons (Fsp3) is 0.462. The van der Waals surface area contributed by atoms with Crippen LogP contribution in [0.3, 0.4) is 0 Å². The van der Waals surface area contributed by atoms with E-state index in [0.717, 1.165) is 19.5 Å². The van der Waals surface area contributed by atoms with Crippen LogP contribution in [0.5, 0.6) is 0 Å². The van der Waals surface area contributed by atoms with Gasteiger partial charge in [-0.1, -0.05) is 30.3 Å². The number of likely N-dealkylation sites (N-methyl/N-ethyl adjacent to an activating group) is 1. The average molecular weight is 217 g/mol. The highest BCUT2D eigenvalue weighted by atomic mass is 15.1. The van der Waals surface area contributed by atoms with E-state index in [2.05, 4.69) is 28.4 Å². The van der Waals surface area contributed by atoms with E-state index >= 15 is 0 Å². The van der Waals surface area contributed by atoms with Gasteiger partial charge in [0.2, 0.25) is 0 Å². The van der Waals surface area contributed by atoms with Crippen molar-refractivity contribution in [2.75, 3.05) is 27.2 Å². The quantitative estimate of drug-likeness (QED) is 0.780. The number of nitriles is 1. The van der Waals surface area contributed by atoms with Crippen molar-refractivity contribution >= 4 is 0 Å². The summed E-state index contributed by atoms with van der Waals surface area (Å²) >= 11 is 0. The second-order valence-electron chi connectivity index (χ2n) is 4.13. The molecule has 0 aromatic heterocycles. The van der Waals surface area contributed by atoms with Gasteiger partial charge in [0, 0.05) is 19.5 Å². The molecule has 0 saturated carbocycles. The van der Waals surface area contributed by atoms with Gasteiger partial charge in [-0.3, -0.25) is 0 Å². The molecule has 0 aliphatic rings. The first-order chi connectivity index (χ1) is 7.72. The summed E-state index contributed by atoms with van der Waals surface area (Å²) in [6.07, 6.45) is 0.769. The van der Waals surface area contributed by atoms with Crippen molar-refractivity contribution in [2.24, 2.45) is 0 Å². The maximum atomic E-state index is 9.03. The van der Waals surface area contributed by atoms with E-state index in [1.165, 1.54) is 5.56 Å². The molecule has 0 aliphatic heterocycles. The predicted octanol–water partition coefficient (Wildman–Crippen LogP) is 1.27. The Bertz CT molecular complexity index is 327. The number of hydrogen-bond donors (Lipinski definition) is 1. The molecule has 1 N–H and O–H groups in total. The van der Waals surface area contributed by atoms with Crippen molar-refractivity contribution in [3.8, 4) is 6.07 Å². The minimum atomic E-state index is -0.0950. The third kappa shape index (κ3) is 4.92. The summed E-state index contributed by atoms with van der Waals surface area (Å²) < 4.78 is 0. The minimum Gasteiger partial charge on any atom is -0.308 e. The van der Waals surface area contributed by atoms with Gasteiger partial charge in [0.15, 0.2) is 0 Å². The minimum absolute atomic E-state index is 0.0950. The second-order valence-corrected chi connectivity index (χ2v) is 4.13. The first kappa shape index (κ1) is 12.7. The number of benzene rings is 1. The largest absolute Gasteiger partial charge is 0.308 e. The molecule has 1 unspecified atom stereocenters. The van der Waals surface area contributed by atoms with Gasteiger partial charge in [0.05, 0.1) is 12.1 Å². The SMILES string of the molecule is CN(C)CCNC(C#N)Cc1ccccc1. The fourth-order valence-corrected chi connectivity index (χ4v) is 1.48. The van der Waals surface area contributed by atoms with Gasteiger partial charge in [-0.25, -0.2) is 0 Å². The van der Waals surface area contributed by atoms with Crippen LogP contribution in [0.15, 0.2) is 30.3 Å². The highest BCUT2D eigenvalue weighted by Gasteiger charge is 2.06. The normalized spacial score (nSPS) is 12.4. The maximum absolute atomic E-state index is 9.03. The summed E-state index contributed by atoms with van der Waals surface area (Å²) in [5.74, 6) is 0. The smallest absolute Gasteiger partial charge is 0.0994 e. The summed E-state index contributed by atoms with van der Waals surface area (Å²) in [4.78, 5) is 2.10. The van der Waals surface area contributed by atoms with Crippen molar-refractivity contribution in [1.29, 1.82) is 5.26 Å². The highest BCUT2D eigenvalue weighted by molar-refractivity contribution is 5.17. The van der Waals surface area contributed by atoms with Crippen molar-refractivity contribution in [2.45, 2.75) is 12.5 Å². The lowest BCUT2D eigenvalue weighted by Gasteiger charge is -2.14. The zero-order chi connectivity index (χ0) is 11.8. The highest BCUT2D eigenvalue weighted by Crippen LogP contribution is 2.02. The monoisotopic (exact) mass is 217 g/mol. The summed E-state index contributed by atoms with van der Waals surface area (Å²) in [6, 6.07) is 12.3. The van der Waals surface area contributed by atoms with Crippen molar-refractivity contribution in [1.82, 2.24) is 10.2 Å². The van der Waals surface area contributed by atoms with Gasteiger partial charge in [-0.05, 0) is 19.7 Å². The molecule has 86 valence electrons. The molecule has 3 heteroatoms. The van der Waals surface area contributed by atoms with Gasteiger partial charge < -0.3 is 10.2 Å². The lowest BCUT2D eigenvalue weighted by molar-refractivity contribution is 0.393. The fourth-order valence-electron chi connectivity index (χ4n) is 1.48. The van der Waals surface area contributed by atoms with Gasteiger partial charge >= 0.3 is 0 Å². The predicted molar refractivity (Wildman–Crippen MR) is 66.1 cm³/mol. The topological polar surface area (TPSA) is 39.1 Å². The Morgan fingerprint density at radius 3 is 2.56 bits per heavy atom.